The third-order valence-corrected chi connectivity index (χ3v) is 4.74. The van der Waals surface area contributed by atoms with Gasteiger partial charge in [-0.05, 0) is 26.8 Å². The number of hydrogen-bond acceptors (Lipinski definition) is 7. The van der Waals surface area contributed by atoms with Crippen molar-refractivity contribution in [3.63, 3.8) is 0 Å². The first-order valence-electron chi connectivity index (χ1n) is 9.19. The lowest BCUT2D eigenvalue weighted by Gasteiger charge is -2.26. The van der Waals surface area contributed by atoms with Crippen LogP contribution in [0.1, 0.15) is 30.0 Å². The van der Waals surface area contributed by atoms with Gasteiger partial charge in [0.25, 0.3) is 0 Å². The van der Waals surface area contributed by atoms with Crippen LogP contribution in [0.25, 0.3) is 11.3 Å². The Hall–Kier alpha value is -3.33. The van der Waals surface area contributed by atoms with E-state index in [4.69, 9.17) is 25.6 Å². The highest BCUT2D eigenvalue weighted by Gasteiger charge is 2.31. The molecular formula is C20H20ClN3O6. The molecule has 2 amide bonds. The number of hydrogen-bond donors (Lipinski definition) is 2. The van der Waals surface area contributed by atoms with Gasteiger partial charge in [-0.3, -0.25) is 0 Å². The molecule has 1 aliphatic rings. The smallest absolute Gasteiger partial charge is 0.344 e. The first-order chi connectivity index (χ1) is 14.3. The SMILES string of the molecule is CCOC(=O)C1=C(COC(=O)c2c(-c3ccccc3Cl)noc2C)NC(=O)NC1C. The number of esters is 2. The fourth-order valence-corrected chi connectivity index (χ4v) is 3.28. The number of carbonyl (C=O) groups excluding carboxylic acids is 3. The van der Waals surface area contributed by atoms with Crippen LogP contribution in [0, 0.1) is 6.92 Å². The van der Waals surface area contributed by atoms with Crippen LogP contribution in [0.3, 0.4) is 0 Å². The number of benzene rings is 1. The summed E-state index contributed by atoms with van der Waals surface area (Å²) >= 11 is 6.21. The number of amides is 2. The molecule has 9 nitrogen and oxygen atoms in total. The molecule has 30 heavy (non-hydrogen) atoms. The minimum absolute atomic E-state index is 0.106. The Kier molecular flexibility index (Phi) is 6.41. The van der Waals surface area contributed by atoms with Crippen LogP contribution in [0.5, 0.6) is 0 Å². The molecule has 0 spiro atoms. The van der Waals surface area contributed by atoms with E-state index in [0.717, 1.165) is 0 Å². The average molecular weight is 434 g/mol. The Morgan fingerprint density at radius 3 is 2.67 bits per heavy atom. The third-order valence-electron chi connectivity index (χ3n) is 4.41. The lowest BCUT2D eigenvalue weighted by molar-refractivity contribution is -0.139. The highest BCUT2D eigenvalue weighted by Crippen LogP contribution is 2.31. The van der Waals surface area contributed by atoms with Crippen molar-refractivity contribution in [2.75, 3.05) is 13.2 Å². The molecule has 2 N–H and O–H groups in total. The van der Waals surface area contributed by atoms with Crippen LogP contribution in [-0.2, 0) is 14.3 Å². The second-order valence-electron chi connectivity index (χ2n) is 6.45. The summed E-state index contributed by atoms with van der Waals surface area (Å²) in [7, 11) is 0. The number of aromatic nitrogens is 1. The van der Waals surface area contributed by atoms with Crippen LogP contribution >= 0.6 is 11.6 Å². The van der Waals surface area contributed by atoms with E-state index in [2.05, 4.69) is 15.8 Å². The summed E-state index contributed by atoms with van der Waals surface area (Å²) in [5.41, 5.74) is 1.18. The van der Waals surface area contributed by atoms with Crippen LogP contribution in [0.2, 0.25) is 5.02 Å². The minimum atomic E-state index is -0.736. The van der Waals surface area contributed by atoms with Crippen LogP contribution in [-0.4, -0.2) is 42.4 Å². The predicted octanol–water partition coefficient (Wildman–Crippen LogP) is 2.98. The van der Waals surface area contributed by atoms with Crippen LogP contribution in [0.15, 0.2) is 40.1 Å². The van der Waals surface area contributed by atoms with Crippen LogP contribution in [0.4, 0.5) is 4.79 Å². The second-order valence-corrected chi connectivity index (χ2v) is 6.86. The van der Waals surface area contributed by atoms with Crippen molar-refractivity contribution in [2.45, 2.75) is 26.8 Å². The molecule has 1 aliphatic heterocycles. The molecule has 0 aliphatic carbocycles. The monoisotopic (exact) mass is 433 g/mol. The van der Waals surface area contributed by atoms with Gasteiger partial charge in [-0.2, -0.15) is 0 Å². The third kappa shape index (κ3) is 4.30. The summed E-state index contributed by atoms with van der Waals surface area (Å²) in [6.45, 7) is 4.69. The molecule has 2 aromatic rings. The molecule has 2 heterocycles. The molecular weight excluding hydrogens is 414 g/mol. The number of ether oxygens (including phenoxy) is 2. The summed E-state index contributed by atoms with van der Waals surface area (Å²) in [5.74, 6) is -1.10. The zero-order chi connectivity index (χ0) is 21.8. The van der Waals surface area contributed by atoms with E-state index in [-0.39, 0.29) is 41.5 Å². The lowest BCUT2D eigenvalue weighted by Crippen LogP contribution is -2.50. The van der Waals surface area contributed by atoms with Gasteiger partial charge >= 0.3 is 18.0 Å². The van der Waals surface area contributed by atoms with Gasteiger partial charge < -0.3 is 24.6 Å². The molecule has 158 valence electrons. The maximum atomic E-state index is 12.8. The molecule has 1 aromatic heterocycles. The first-order valence-corrected chi connectivity index (χ1v) is 9.57. The number of halogens is 1. The van der Waals surface area contributed by atoms with E-state index in [1.807, 2.05) is 0 Å². The van der Waals surface area contributed by atoms with Gasteiger partial charge in [-0.1, -0.05) is 35.0 Å². The van der Waals surface area contributed by atoms with Crippen molar-refractivity contribution in [1.29, 1.82) is 0 Å². The molecule has 1 aromatic carbocycles. The topological polar surface area (TPSA) is 120 Å². The van der Waals surface area contributed by atoms with E-state index >= 15 is 0 Å². The van der Waals surface area contributed by atoms with Crippen molar-refractivity contribution in [2.24, 2.45) is 0 Å². The molecule has 1 unspecified atom stereocenters. The lowest BCUT2D eigenvalue weighted by atomic mass is 10.0. The Morgan fingerprint density at radius 2 is 1.97 bits per heavy atom. The highest BCUT2D eigenvalue weighted by atomic mass is 35.5. The molecule has 0 bridgehead atoms. The summed E-state index contributed by atoms with van der Waals surface area (Å²) in [6.07, 6.45) is 0. The van der Waals surface area contributed by atoms with Gasteiger partial charge in [-0.25, -0.2) is 14.4 Å². The fraction of sp³-hybridized carbons (Fsp3) is 0.300. The number of rotatable bonds is 6. The van der Waals surface area contributed by atoms with Gasteiger partial charge in [0.2, 0.25) is 0 Å². The summed E-state index contributed by atoms with van der Waals surface area (Å²) in [4.78, 5) is 36.9. The predicted molar refractivity (Wildman–Crippen MR) is 107 cm³/mol. The number of urea groups is 1. The zero-order valence-corrected chi connectivity index (χ0v) is 17.3. The molecule has 0 fully saturated rings. The van der Waals surface area contributed by atoms with Gasteiger partial charge in [-0.15, -0.1) is 0 Å². The summed E-state index contributed by atoms with van der Waals surface area (Å²) < 4.78 is 15.6. The highest BCUT2D eigenvalue weighted by molar-refractivity contribution is 6.33. The summed E-state index contributed by atoms with van der Waals surface area (Å²) in [5, 5.41) is 9.39. The molecule has 1 atom stereocenters. The fourth-order valence-electron chi connectivity index (χ4n) is 3.05. The normalized spacial score (nSPS) is 16.0. The first kappa shape index (κ1) is 21.4. The van der Waals surface area contributed by atoms with Crippen molar-refractivity contribution in [1.82, 2.24) is 15.8 Å². The zero-order valence-electron chi connectivity index (χ0n) is 16.6. The van der Waals surface area contributed by atoms with Crippen LogP contribution < -0.4 is 10.6 Å². The van der Waals surface area contributed by atoms with Gasteiger partial charge in [0, 0.05) is 5.56 Å². The molecule has 3 rings (SSSR count). The Labute approximate surface area is 177 Å². The second kappa shape index (κ2) is 9.00. The largest absolute Gasteiger partial charge is 0.463 e. The maximum absolute atomic E-state index is 12.8. The molecule has 0 saturated carbocycles. The van der Waals surface area contributed by atoms with E-state index in [0.29, 0.717) is 10.6 Å². The minimum Gasteiger partial charge on any atom is -0.463 e. The molecule has 0 saturated heterocycles. The van der Waals surface area contributed by atoms with Crippen molar-refractivity contribution in [3.8, 4) is 11.3 Å². The van der Waals surface area contributed by atoms with E-state index in [1.54, 1.807) is 45.0 Å². The van der Waals surface area contributed by atoms with E-state index in [9.17, 15) is 14.4 Å². The van der Waals surface area contributed by atoms with E-state index in [1.165, 1.54) is 0 Å². The van der Waals surface area contributed by atoms with E-state index < -0.39 is 24.0 Å². The molecule has 0 radical (unpaired) electrons. The van der Waals surface area contributed by atoms with Gasteiger partial charge in [0.1, 0.15) is 23.6 Å². The quantitative estimate of drug-likeness (QED) is 0.672. The van der Waals surface area contributed by atoms with Crippen molar-refractivity contribution < 1.29 is 28.4 Å². The maximum Gasteiger partial charge on any atom is 0.344 e. The Morgan fingerprint density at radius 1 is 1.23 bits per heavy atom. The Balaban J connectivity index is 1.87. The number of nitrogens with zero attached hydrogens (tertiary/aromatic N) is 1. The van der Waals surface area contributed by atoms with Crippen molar-refractivity contribution >= 4 is 29.6 Å². The van der Waals surface area contributed by atoms with Crippen molar-refractivity contribution in [3.05, 3.63) is 51.9 Å². The number of nitrogens with one attached hydrogen (secondary N) is 2. The summed E-state index contributed by atoms with van der Waals surface area (Å²) in [6, 6.07) is 5.75. The molecule has 10 heteroatoms. The van der Waals surface area contributed by atoms with Gasteiger partial charge in [0.15, 0.2) is 0 Å². The number of aryl methyl sites for hydroxylation is 1. The standard InChI is InChI=1S/C20H20ClN3O6/c1-4-28-18(25)15-10(2)22-20(27)23-14(15)9-29-19(26)16-11(3)30-24-17(16)12-7-5-6-8-13(12)21/h5-8,10H,4,9H2,1-3H3,(H2,22,23,27). The van der Waals surface area contributed by atoms with Gasteiger partial charge in [0.05, 0.1) is 28.9 Å². The Bertz CT molecular complexity index is 1030. The number of carbonyl (C=O) groups is 3. The average Bonchev–Trinajstić information content (AvgIpc) is 3.07.